The summed E-state index contributed by atoms with van der Waals surface area (Å²) in [5.41, 5.74) is 1.58. The van der Waals surface area contributed by atoms with Gasteiger partial charge in [-0.1, -0.05) is 11.6 Å². The van der Waals surface area contributed by atoms with Crippen molar-refractivity contribution in [2.45, 2.75) is 26.2 Å². The molecule has 0 aromatic carbocycles. The molecule has 2 aliphatic rings. The molecule has 2 rings (SSSR count). The van der Waals surface area contributed by atoms with E-state index in [1.165, 1.54) is 19.3 Å². The molecule has 0 amide bonds. The molecule has 2 fully saturated rings. The number of hydrogen-bond acceptors (Lipinski definition) is 2. The second-order valence-corrected chi connectivity index (χ2v) is 3.94. The van der Waals surface area contributed by atoms with E-state index in [0.29, 0.717) is 11.8 Å². The summed E-state index contributed by atoms with van der Waals surface area (Å²) in [6.45, 7) is 2.11. The van der Waals surface area contributed by atoms with Gasteiger partial charge < -0.3 is 5.21 Å². The predicted octanol–water partition coefficient (Wildman–Crippen LogP) is 2.44. The van der Waals surface area contributed by atoms with Crippen molar-refractivity contribution >= 4 is 6.21 Å². The van der Waals surface area contributed by atoms with E-state index in [2.05, 4.69) is 18.2 Å². The van der Waals surface area contributed by atoms with Gasteiger partial charge in [-0.2, -0.15) is 0 Å². The zero-order chi connectivity index (χ0) is 8.55. The Morgan fingerprint density at radius 2 is 2.33 bits per heavy atom. The second kappa shape index (κ2) is 2.92. The number of rotatable bonds is 1. The van der Waals surface area contributed by atoms with E-state index in [4.69, 9.17) is 5.21 Å². The minimum Gasteiger partial charge on any atom is -0.411 e. The standard InChI is InChI=1S/C10H15NO/c1-2-8-3-7-4-9(6-11-12)10(8)5-7/h2,6-7,9-10,12H,3-5H2,1H3. The summed E-state index contributed by atoms with van der Waals surface area (Å²) in [5.74, 6) is 2.07. The van der Waals surface area contributed by atoms with Gasteiger partial charge >= 0.3 is 0 Å². The first-order valence-corrected chi connectivity index (χ1v) is 4.67. The average molecular weight is 165 g/mol. The van der Waals surface area contributed by atoms with E-state index in [0.717, 1.165) is 5.92 Å². The molecule has 0 radical (unpaired) electrons. The van der Waals surface area contributed by atoms with Gasteiger partial charge in [-0.05, 0) is 38.0 Å². The van der Waals surface area contributed by atoms with E-state index >= 15 is 0 Å². The normalized spacial score (nSPS) is 43.4. The van der Waals surface area contributed by atoms with E-state index in [1.807, 2.05) is 0 Å². The summed E-state index contributed by atoms with van der Waals surface area (Å²) in [6.07, 6.45) is 7.79. The zero-order valence-electron chi connectivity index (χ0n) is 7.40. The van der Waals surface area contributed by atoms with Gasteiger partial charge in [0.2, 0.25) is 0 Å². The minimum atomic E-state index is 0.514. The van der Waals surface area contributed by atoms with E-state index in [9.17, 15) is 0 Å². The van der Waals surface area contributed by atoms with E-state index in [-0.39, 0.29) is 0 Å². The van der Waals surface area contributed by atoms with Crippen LogP contribution in [0.15, 0.2) is 16.8 Å². The van der Waals surface area contributed by atoms with Crippen LogP contribution in [0.3, 0.4) is 0 Å². The molecule has 0 heterocycles. The maximum atomic E-state index is 8.46. The van der Waals surface area contributed by atoms with Gasteiger partial charge in [0.15, 0.2) is 0 Å². The molecule has 3 unspecified atom stereocenters. The van der Waals surface area contributed by atoms with Gasteiger partial charge in [0.05, 0.1) is 0 Å². The third-order valence-corrected chi connectivity index (χ3v) is 3.34. The van der Waals surface area contributed by atoms with Gasteiger partial charge in [-0.25, -0.2) is 0 Å². The van der Waals surface area contributed by atoms with Crippen molar-refractivity contribution in [1.82, 2.24) is 0 Å². The van der Waals surface area contributed by atoms with E-state index in [1.54, 1.807) is 11.8 Å². The fraction of sp³-hybridized carbons (Fsp3) is 0.700. The lowest BCUT2D eigenvalue weighted by Gasteiger charge is -2.19. The van der Waals surface area contributed by atoms with Crippen LogP contribution >= 0.6 is 0 Å². The molecule has 1 N–H and O–H groups in total. The maximum Gasteiger partial charge on any atom is 0.0472 e. The molecule has 3 atom stereocenters. The number of oxime groups is 1. The Morgan fingerprint density at radius 3 is 2.92 bits per heavy atom. The third kappa shape index (κ3) is 1.06. The van der Waals surface area contributed by atoms with Crippen LogP contribution in [-0.2, 0) is 0 Å². The molecule has 2 heteroatoms. The first kappa shape index (κ1) is 7.84. The summed E-state index contributed by atoms with van der Waals surface area (Å²) < 4.78 is 0. The van der Waals surface area contributed by atoms with Crippen LogP contribution in [0.5, 0.6) is 0 Å². The zero-order valence-corrected chi connectivity index (χ0v) is 7.40. The van der Waals surface area contributed by atoms with Gasteiger partial charge in [-0.3, -0.25) is 0 Å². The first-order chi connectivity index (χ1) is 5.85. The lowest BCUT2D eigenvalue weighted by atomic mass is 9.85. The van der Waals surface area contributed by atoms with Crippen molar-refractivity contribution in [2.75, 3.05) is 0 Å². The molecule has 2 bridgehead atoms. The lowest BCUT2D eigenvalue weighted by Crippen LogP contribution is -2.13. The Hall–Kier alpha value is -0.790. The highest BCUT2D eigenvalue weighted by Crippen LogP contribution is 2.50. The van der Waals surface area contributed by atoms with Crippen LogP contribution in [0.4, 0.5) is 0 Å². The highest BCUT2D eigenvalue weighted by atomic mass is 16.4. The Kier molecular flexibility index (Phi) is 1.91. The Labute approximate surface area is 73.0 Å². The fourth-order valence-corrected chi connectivity index (χ4v) is 2.84. The molecule has 0 spiro atoms. The molecule has 0 aromatic rings. The molecular weight excluding hydrogens is 150 g/mol. The highest BCUT2D eigenvalue weighted by Gasteiger charge is 2.41. The number of nitrogens with zero attached hydrogens (tertiary/aromatic N) is 1. The monoisotopic (exact) mass is 165 g/mol. The maximum absolute atomic E-state index is 8.46. The smallest absolute Gasteiger partial charge is 0.0472 e. The molecule has 0 aromatic heterocycles. The van der Waals surface area contributed by atoms with Crippen molar-refractivity contribution in [3.63, 3.8) is 0 Å². The summed E-state index contributed by atoms with van der Waals surface area (Å²) >= 11 is 0. The Bertz CT molecular complexity index is 230. The van der Waals surface area contributed by atoms with Crippen molar-refractivity contribution in [3.8, 4) is 0 Å². The number of fused-ring (bicyclic) bond motifs is 2. The predicted molar refractivity (Wildman–Crippen MR) is 48.4 cm³/mol. The molecule has 0 saturated heterocycles. The van der Waals surface area contributed by atoms with Crippen LogP contribution in [0.1, 0.15) is 26.2 Å². The lowest BCUT2D eigenvalue weighted by molar-refractivity contribution is 0.315. The van der Waals surface area contributed by atoms with Crippen molar-refractivity contribution in [1.29, 1.82) is 0 Å². The minimum absolute atomic E-state index is 0.514. The van der Waals surface area contributed by atoms with Crippen LogP contribution in [0.25, 0.3) is 0 Å². The summed E-state index contributed by atoms with van der Waals surface area (Å²) in [5, 5.41) is 11.6. The highest BCUT2D eigenvalue weighted by molar-refractivity contribution is 5.62. The first-order valence-electron chi connectivity index (χ1n) is 4.67. The third-order valence-electron chi connectivity index (χ3n) is 3.34. The molecule has 2 aliphatic carbocycles. The largest absolute Gasteiger partial charge is 0.411 e. The Balaban J connectivity index is 2.14. The van der Waals surface area contributed by atoms with Crippen LogP contribution < -0.4 is 0 Å². The van der Waals surface area contributed by atoms with Gasteiger partial charge in [0.1, 0.15) is 0 Å². The molecule has 2 nitrogen and oxygen atoms in total. The summed E-state index contributed by atoms with van der Waals surface area (Å²) in [6, 6.07) is 0. The van der Waals surface area contributed by atoms with Crippen LogP contribution in [0.2, 0.25) is 0 Å². The SMILES string of the molecule is CC=C1CC2CC(C=NO)C1C2. The van der Waals surface area contributed by atoms with Crippen LogP contribution in [0, 0.1) is 17.8 Å². The molecule has 12 heavy (non-hydrogen) atoms. The van der Waals surface area contributed by atoms with Gasteiger partial charge in [-0.15, -0.1) is 5.16 Å². The Morgan fingerprint density at radius 1 is 1.50 bits per heavy atom. The summed E-state index contributed by atoms with van der Waals surface area (Å²) in [7, 11) is 0. The van der Waals surface area contributed by atoms with Crippen molar-refractivity contribution in [3.05, 3.63) is 11.6 Å². The quantitative estimate of drug-likeness (QED) is 0.275. The second-order valence-electron chi connectivity index (χ2n) is 3.94. The number of hydrogen-bond donors (Lipinski definition) is 1. The molecule has 0 aliphatic heterocycles. The average Bonchev–Trinajstić information content (AvgIpc) is 2.62. The molecule has 66 valence electrons. The van der Waals surface area contributed by atoms with Crippen molar-refractivity contribution < 1.29 is 5.21 Å². The fourth-order valence-electron chi connectivity index (χ4n) is 2.84. The topological polar surface area (TPSA) is 32.6 Å². The molecule has 2 saturated carbocycles. The number of allylic oxidation sites excluding steroid dienone is 2. The van der Waals surface area contributed by atoms with Crippen molar-refractivity contribution in [2.24, 2.45) is 22.9 Å². The van der Waals surface area contributed by atoms with Gasteiger partial charge in [0.25, 0.3) is 0 Å². The summed E-state index contributed by atoms with van der Waals surface area (Å²) in [4.78, 5) is 0. The molecular formula is C10H15NO. The van der Waals surface area contributed by atoms with Gasteiger partial charge in [0, 0.05) is 12.1 Å². The van der Waals surface area contributed by atoms with Crippen LogP contribution in [-0.4, -0.2) is 11.4 Å². The van der Waals surface area contributed by atoms with E-state index < -0.39 is 0 Å².